The molecular weight excluding hydrogens is 270 g/mol. The van der Waals surface area contributed by atoms with E-state index in [0.717, 1.165) is 49.8 Å². The van der Waals surface area contributed by atoms with E-state index in [1.807, 2.05) is 13.8 Å². The van der Waals surface area contributed by atoms with Gasteiger partial charge < -0.3 is 15.7 Å². The van der Waals surface area contributed by atoms with E-state index >= 15 is 0 Å². The molecule has 1 saturated heterocycles. The van der Waals surface area contributed by atoms with Crippen molar-refractivity contribution in [2.75, 3.05) is 50.0 Å². The van der Waals surface area contributed by atoms with E-state index < -0.39 is 0 Å². The van der Waals surface area contributed by atoms with Gasteiger partial charge in [0.25, 0.3) is 0 Å². The van der Waals surface area contributed by atoms with Crippen LogP contribution in [0.5, 0.6) is 0 Å². The summed E-state index contributed by atoms with van der Waals surface area (Å²) in [5.41, 5.74) is 7.77. The Morgan fingerprint density at radius 2 is 1.86 bits per heavy atom. The van der Waals surface area contributed by atoms with Crippen LogP contribution in [0.4, 0.5) is 11.8 Å². The van der Waals surface area contributed by atoms with Crippen LogP contribution < -0.4 is 10.6 Å². The van der Waals surface area contributed by atoms with Gasteiger partial charge in [0.15, 0.2) is 5.65 Å². The average Bonchev–Trinajstić information content (AvgIpc) is 2.87. The van der Waals surface area contributed by atoms with Gasteiger partial charge in [-0.25, -0.2) is 4.98 Å². The van der Waals surface area contributed by atoms with E-state index in [2.05, 4.69) is 24.9 Å². The molecule has 0 atom stereocenters. The number of fused-ring (bicyclic) bond motifs is 1. The summed E-state index contributed by atoms with van der Waals surface area (Å²) >= 11 is 0. The van der Waals surface area contributed by atoms with Gasteiger partial charge in [-0.3, -0.25) is 4.90 Å². The Kier molecular flexibility index (Phi) is 3.64. The Labute approximate surface area is 123 Å². The molecule has 0 unspecified atom stereocenters. The molecule has 2 aromatic rings. The average molecular weight is 291 g/mol. The summed E-state index contributed by atoms with van der Waals surface area (Å²) in [6.45, 7) is 8.36. The predicted molar refractivity (Wildman–Crippen MR) is 80.4 cm³/mol. The Morgan fingerprint density at radius 1 is 1.14 bits per heavy atom. The summed E-state index contributed by atoms with van der Waals surface area (Å²) in [5.74, 6) is 1.94. The van der Waals surface area contributed by atoms with Crippen molar-refractivity contribution in [3.05, 3.63) is 11.4 Å². The molecule has 8 nitrogen and oxygen atoms in total. The second kappa shape index (κ2) is 5.45. The van der Waals surface area contributed by atoms with E-state index in [4.69, 9.17) is 10.8 Å². The highest BCUT2D eigenvalue weighted by Gasteiger charge is 2.22. The van der Waals surface area contributed by atoms with Crippen molar-refractivity contribution in [2.24, 2.45) is 0 Å². The third kappa shape index (κ3) is 2.52. The fourth-order valence-corrected chi connectivity index (χ4v) is 2.79. The van der Waals surface area contributed by atoms with E-state index in [9.17, 15) is 0 Å². The Balaban J connectivity index is 1.89. The zero-order valence-corrected chi connectivity index (χ0v) is 12.5. The molecule has 0 aromatic carbocycles. The van der Waals surface area contributed by atoms with E-state index in [1.54, 1.807) is 4.52 Å². The van der Waals surface area contributed by atoms with Crippen molar-refractivity contribution in [2.45, 2.75) is 13.8 Å². The van der Waals surface area contributed by atoms with Gasteiger partial charge in [0, 0.05) is 38.3 Å². The molecular formula is C13H21N7O. The van der Waals surface area contributed by atoms with E-state index in [-0.39, 0.29) is 6.61 Å². The first-order valence-electron chi connectivity index (χ1n) is 7.17. The standard InChI is InChI=1S/C13H21N7O/c1-9-11(19-5-3-18(4-6-19)7-8-21)16-13(14)20-12(9)15-10(2)17-20/h21H,3-8H2,1-2H3,(H2,14,16). The summed E-state index contributed by atoms with van der Waals surface area (Å²) in [7, 11) is 0. The predicted octanol–water partition coefficient (Wildman–Crippen LogP) is -0.562. The summed E-state index contributed by atoms with van der Waals surface area (Å²) in [5, 5.41) is 13.3. The molecule has 0 amide bonds. The fourth-order valence-electron chi connectivity index (χ4n) is 2.79. The molecule has 1 aliphatic rings. The van der Waals surface area contributed by atoms with Gasteiger partial charge in [0.1, 0.15) is 11.6 Å². The lowest BCUT2D eigenvalue weighted by atomic mass is 10.2. The monoisotopic (exact) mass is 291 g/mol. The molecule has 0 spiro atoms. The minimum Gasteiger partial charge on any atom is -0.395 e. The Bertz CT molecular complexity index is 645. The van der Waals surface area contributed by atoms with Crippen molar-refractivity contribution >= 4 is 17.4 Å². The lowest BCUT2D eigenvalue weighted by Crippen LogP contribution is -2.47. The van der Waals surface area contributed by atoms with Gasteiger partial charge in [-0.15, -0.1) is 5.10 Å². The maximum atomic E-state index is 9.00. The van der Waals surface area contributed by atoms with Gasteiger partial charge in [0.2, 0.25) is 5.95 Å². The van der Waals surface area contributed by atoms with Crippen LogP contribution in [0, 0.1) is 13.8 Å². The molecule has 0 radical (unpaired) electrons. The summed E-state index contributed by atoms with van der Waals surface area (Å²) in [6, 6.07) is 0. The number of aromatic nitrogens is 4. The first-order valence-corrected chi connectivity index (χ1v) is 7.17. The number of aryl methyl sites for hydroxylation is 2. The zero-order valence-electron chi connectivity index (χ0n) is 12.5. The number of nitrogen functional groups attached to an aromatic ring is 1. The highest BCUT2D eigenvalue weighted by Crippen LogP contribution is 2.24. The maximum Gasteiger partial charge on any atom is 0.225 e. The quantitative estimate of drug-likeness (QED) is 0.782. The number of anilines is 2. The number of aliphatic hydroxyl groups excluding tert-OH is 1. The van der Waals surface area contributed by atoms with Crippen molar-refractivity contribution in [1.82, 2.24) is 24.5 Å². The normalized spacial score (nSPS) is 16.8. The van der Waals surface area contributed by atoms with Gasteiger partial charge in [-0.1, -0.05) is 0 Å². The lowest BCUT2D eigenvalue weighted by Gasteiger charge is -2.35. The number of nitrogens with two attached hydrogens (primary N) is 1. The SMILES string of the molecule is Cc1nc2c(C)c(N3CCN(CCO)CC3)nc(N)n2n1. The van der Waals surface area contributed by atoms with Crippen LogP contribution in [0.3, 0.4) is 0 Å². The van der Waals surface area contributed by atoms with E-state index in [0.29, 0.717) is 11.8 Å². The van der Waals surface area contributed by atoms with Crippen LogP contribution in [0.2, 0.25) is 0 Å². The first kappa shape index (κ1) is 14.0. The molecule has 21 heavy (non-hydrogen) atoms. The molecule has 3 rings (SSSR count). The Hall–Kier alpha value is -1.93. The van der Waals surface area contributed by atoms with Crippen molar-refractivity contribution in [3.8, 4) is 0 Å². The minimum absolute atomic E-state index is 0.204. The number of nitrogens with zero attached hydrogens (tertiary/aromatic N) is 6. The topological polar surface area (TPSA) is 95.8 Å². The highest BCUT2D eigenvalue weighted by atomic mass is 16.3. The molecule has 0 bridgehead atoms. The molecule has 3 N–H and O–H groups in total. The molecule has 1 fully saturated rings. The van der Waals surface area contributed by atoms with Crippen molar-refractivity contribution in [1.29, 1.82) is 0 Å². The summed E-state index contributed by atoms with van der Waals surface area (Å²) < 4.78 is 1.59. The molecule has 0 aliphatic carbocycles. The number of rotatable bonds is 3. The third-order valence-corrected chi connectivity index (χ3v) is 3.91. The number of hydrogen-bond donors (Lipinski definition) is 2. The van der Waals surface area contributed by atoms with Crippen LogP contribution in [-0.2, 0) is 0 Å². The molecule has 0 saturated carbocycles. The summed E-state index contributed by atoms with van der Waals surface area (Å²) in [4.78, 5) is 13.4. The molecule has 114 valence electrons. The maximum absolute atomic E-state index is 9.00. The zero-order chi connectivity index (χ0) is 15.0. The van der Waals surface area contributed by atoms with Gasteiger partial charge in [-0.2, -0.15) is 9.50 Å². The minimum atomic E-state index is 0.204. The number of aliphatic hydroxyl groups is 1. The molecule has 3 heterocycles. The molecule has 1 aliphatic heterocycles. The van der Waals surface area contributed by atoms with Crippen molar-refractivity contribution < 1.29 is 5.11 Å². The highest BCUT2D eigenvalue weighted by molar-refractivity contribution is 5.63. The van der Waals surface area contributed by atoms with Crippen LogP contribution in [0.25, 0.3) is 5.65 Å². The van der Waals surface area contributed by atoms with E-state index in [1.165, 1.54) is 0 Å². The molecule has 8 heteroatoms. The Morgan fingerprint density at radius 3 is 2.52 bits per heavy atom. The number of β-amino-alcohol motifs (C(OH)–C–C–N with tert-alkyl or cyclic N) is 1. The third-order valence-electron chi connectivity index (χ3n) is 3.91. The molecule has 2 aromatic heterocycles. The van der Waals surface area contributed by atoms with Crippen LogP contribution in [-0.4, -0.2) is 68.9 Å². The summed E-state index contributed by atoms with van der Waals surface area (Å²) in [6.07, 6.45) is 0. The van der Waals surface area contributed by atoms with Crippen LogP contribution in [0.1, 0.15) is 11.4 Å². The second-order valence-electron chi connectivity index (χ2n) is 5.37. The fraction of sp³-hybridized carbons (Fsp3) is 0.615. The van der Waals surface area contributed by atoms with Crippen LogP contribution in [0.15, 0.2) is 0 Å². The van der Waals surface area contributed by atoms with Gasteiger partial charge in [-0.05, 0) is 13.8 Å². The van der Waals surface area contributed by atoms with Gasteiger partial charge >= 0.3 is 0 Å². The number of hydrogen-bond acceptors (Lipinski definition) is 7. The largest absolute Gasteiger partial charge is 0.395 e. The smallest absolute Gasteiger partial charge is 0.225 e. The van der Waals surface area contributed by atoms with Gasteiger partial charge in [0.05, 0.1) is 6.61 Å². The second-order valence-corrected chi connectivity index (χ2v) is 5.37. The lowest BCUT2D eigenvalue weighted by molar-refractivity contribution is 0.188. The number of piperazine rings is 1. The first-order chi connectivity index (χ1) is 10.1. The van der Waals surface area contributed by atoms with Crippen LogP contribution >= 0.6 is 0 Å². The van der Waals surface area contributed by atoms with Crippen molar-refractivity contribution in [3.63, 3.8) is 0 Å².